The van der Waals surface area contributed by atoms with Gasteiger partial charge in [-0.3, -0.25) is 0 Å². The summed E-state index contributed by atoms with van der Waals surface area (Å²) in [5.41, 5.74) is 8.71. The largest absolute Gasteiger partial charge is 0.662 e. The highest BCUT2D eigenvalue weighted by molar-refractivity contribution is 6.19. The Labute approximate surface area is 312 Å². The molecule has 54 heavy (non-hydrogen) atoms. The van der Waals surface area contributed by atoms with E-state index in [1.807, 2.05) is 12.1 Å². The van der Waals surface area contributed by atoms with Crippen molar-refractivity contribution in [2.75, 3.05) is 0 Å². The molecule has 6 nitrogen and oxygen atoms in total. The smallest absolute Gasteiger partial charge is 0.0562 e. The summed E-state index contributed by atoms with van der Waals surface area (Å²) in [6.45, 7) is 0. The van der Waals surface area contributed by atoms with Crippen LogP contribution in [0.4, 0.5) is 0 Å². The van der Waals surface area contributed by atoms with Gasteiger partial charge in [-0.25, -0.2) is 0 Å². The second-order valence-electron chi connectivity index (χ2n) is 14.0. The van der Waals surface area contributed by atoms with Gasteiger partial charge < -0.3 is 30.1 Å². The van der Waals surface area contributed by atoms with Crippen LogP contribution in [0.25, 0.3) is 70.7 Å². The topological polar surface area (TPSA) is 62.5 Å². The van der Waals surface area contributed by atoms with Crippen molar-refractivity contribution in [3.63, 3.8) is 0 Å². The summed E-state index contributed by atoms with van der Waals surface area (Å²) in [7, 11) is 0. The van der Waals surface area contributed by atoms with E-state index in [0.717, 1.165) is 39.1 Å². The Morgan fingerprint density at radius 3 is 2.04 bits per heavy atom. The van der Waals surface area contributed by atoms with Gasteiger partial charge in [0.1, 0.15) is 0 Å². The van der Waals surface area contributed by atoms with E-state index < -0.39 is 0 Å². The predicted octanol–water partition coefficient (Wildman–Crippen LogP) is 12.1. The highest BCUT2D eigenvalue weighted by Crippen LogP contribution is 2.43. The molecule has 1 N–H and O–H groups in total. The van der Waals surface area contributed by atoms with E-state index in [2.05, 4.69) is 184 Å². The molecule has 2 aliphatic rings. The van der Waals surface area contributed by atoms with Crippen LogP contribution in [-0.2, 0) is 0 Å². The van der Waals surface area contributed by atoms with Crippen LogP contribution in [-0.4, -0.2) is 15.0 Å². The van der Waals surface area contributed by atoms with Gasteiger partial charge in [0.25, 0.3) is 0 Å². The van der Waals surface area contributed by atoms with E-state index in [1.54, 1.807) is 0 Å². The van der Waals surface area contributed by atoms with E-state index >= 15 is 0 Å². The molecule has 0 amide bonds. The van der Waals surface area contributed by atoms with E-state index in [1.165, 1.54) is 37.8 Å². The maximum Gasteiger partial charge on any atom is 0.0562 e. The molecule has 2 aliphatic heterocycles. The van der Waals surface area contributed by atoms with Crippen molar-refractivity contribution in [3.05, 3.63) is 209 Å². The normalized spacial score (nSPS) is 18.6. The zero-order chi connectivity index (χ0) is 35.6. The van der Waals surface area contributed by atoms with Gasteiger partial charge in [-0.2, -0.15) is 0 Å². The molecule has 11 rings (SSSR count). The molecule has 2 aromatic heterocycles. The van der Waals surface area contributed by atoms with Gasteiger partial charge in [0.15, 0.2) is 0 Å². The van der Waals surface area contributed by atoms with Crippen molar-refractivity contribution in [1.82, 2.24) is 14.5 Å². The number of nitrogens with one attached hydrogen (secondary N) is 1. The minimum absolute atomic E-state index is 0.287. The maximum absolute atomic E-state index is 5.45. The Bertz CT molecular complexity index is 2980. The summed E-state index contributed by atoms with van der Waals surface area (Å²) in [4.78, 5) is 5.28. The summed E-state index contributed by atoms with van der Waals surface area (Å²) >= 11 is 0. The van der Waals surface area contributed by atoms with Crippen molar-refractivity contribution < 1.29 is 0 Å². The minimum atomic E-state index is -0.310. The Kier molecular flexibility index (Phi) is 7.03. The molecule has 0 bridgehead atoms. The van der Waals surface area contributed by atoms with Crippen LogP contribution in [0.2, 0.25) is 0 Å². The van der Waals surface area contributed by atoms with Crippen molar-refractivity contribution in [2.45, 2.75) is 18.5 Å². The zero-order valence-electron chi connectivity index (χ0n) is 29.3. The molecule has 3 atom stereocenters. The standard InChI is InChI=1S/C48H34N6/c1-3-16-32(17-4-1)46-50-47(37-24-13-18-31-15-7-8-21-34(31)37)52-48(51-46)40-25-14-28-45(49-40)54-42-27-12-10-23-36(42)39-29-38-35-22-9-11-26-41(35)53(43(38)30-44(39)54)33-19-5-2-6-20-33/h1-30,45-47,50H/q-2. The number of nitrogens with zero attached hydrogens (tertiary/aromatic N) is 5. The number of para-hydroxylation sites is 3. The second kappa shape index (κ2) is 12.4. The van der Waals surface area contributed by atoms with E-state index in [-0.39, 0.29) is 18.5 Å². The summed E-state index contributed by atoms with van der Waals surface area (Å²) in [6, 6.07) is 58.1. The lowest BCUT2D eigenvalue weighted by molar-refractivity contribution is 0.490. The van der Waals surface area contributed by atoms with Crippen molar-refractivity contribution >= 4 is 60.2 Å². The van der Waals surface area contributed by atoms with E-state index in [4.69, 9.17) is 15.6 Å². The number of allylic oxidation sites excluding steroid dienone is 2. The predicted molar refractivity (Wildman–Crippen MR) is 223 cm³/mol. The highest BCUT2D eigenvalue weighted by atomic mass is 15.3. The van der Waals surface area contributed by atoms with Gasteiger partial charge >= 0.3 is 0 Å². The molecule has 0 spiro atoms. The molecular weight excluding hydrogens is 661 g/mol. The van der Waals surface area contributed by atoms with E-state index in [9.17, 15) is 0 Å². The van der Waals surface area contributed by atoms with Gasteiger partial charge in [-0.15, -0.1) is 5.70 Å². The molecule has 0 aliphatic carbocycles. The first-order valence-corrected chi connectivity index (χ1v) is 18.5. The molecular formula is C48H34N6-2. The Balaban J connectivity index is 1.05. The molecule has 0 radical (unpaired) electrons. The average Bonchev–Trinajstić information content (AvgIpc) is 3.75. The number of aliphatic imine (C=N–C) groups is 1. The third-order valence-electron chi connectivity index (χ3n) is 10.9. The summed E-state index contributed by atoms with van der Waals surface area (Å²) in [6.07, 6.45) is 5.42. The Morgan fingerprint density at radius 2 is 1.20 bits per heavy atom. The first kappa shape index (κ1) is 30.7. The number of fused-ring (bicyclic) bond motifs is 7. The SMILES string of the molecule is C1=CC(n2c3ccccc3c3cc4c5ccccc5n(-c5ccccc5)c4cc32)[N-]C(C2=NC(c3cccc4ccccc34)NC(c3ccccc3)[N-]2)=C1. The van der Waals surface area contributed by atoms with Gasteiger partial charge in [-0.1, -0.05) is 151 Å². The number of hydrogen-bond acceptors (Lipinski definition) is 2. The van der Waals surface area contributed by atoms with Gasteiger partial charge in [0, 0.05) is 45.1 Å². The Morgan fingerprint density at radius 1 is 0.537 bits per heavy atom. The minimum Gasteiger partial charge on any atom is -0.662 e. The van der Waals surface area contributed by atoms with Gasteiger partial charge in [-0.05, 0) is 64.5 Å². The first-order valence-electron chi connectivity index (χ1n) is 18.5. The van der Waals surface area contributed by atoms with Crippen LogP contribution in [0.1, 0.15) is 29.6 Å². The van der Waals surface area contributed by atoms with Crippen LogP contribution < -0.4 is 5.32 Å². The third-order valence-corrected chi connectivity index (χ3v) is 10.9. The zero-order valence-corrected chi connectivity index (χ0v) is 29.3. The van der Waals surface area contributed by atoms with Crippen LogP contribution in [0, 0.1) is 0 Å². The maximum atomic E-state index is 5.45. The van der Waals surface area contributed by atoms with Crippen molar-refractivity contribution in [2.24, 2.45) is 4.99 Å². The monoisotopic (exact) mass is 694 g/mol. The molecule has 0 fully saturated rings. The lowest BCUT2D eigenvalue weighted by Gasteiger charge is -2.47. The highest BCUT2D eigenvalue weighted by Gasteiger charge is 2.21. The van der Waals surface area contributed by atoms with Crippen LogP contribution in [0.3, 0.4) is 0 Å². The lowest BCUT2D eigenvalue weighted by Crippen LogP contribution is -2.32. The fourth-order valence-corrected chi connectivity index (χ4v) is 8.44. The lowest BCUT2D eigenvalue weighted by atomic mass is 10.0. The molecule has 7 aromatic carbocycles. The third kappa shape index (κ3) is 4.88. The molecule has 6 heteroatoms. The fourth-order valence-electron chi connectivity index (χ4n) is 8.44. The molecule has 4 heterocycles. The van der Waals surface area contributed by atoms with Crippen LogP contribution in [0.15, 0.2) is 193 Å². The summed E-state index contributed by atoms with van der Waals surface area (Å²) < 4.78 is 4.75. The average molecular weight is 695 g/mol. The molecule has 0 saturated heterocycles. The van der Waals surface area contributed by atoms with Crippen LogP contribution >= 0.6 is 0 Å². The molecule has 9 aromatic rings. The molecule has 0 saturated carbocycles. The number of hydrogen-bond donors (Lipinski definition) is 1. The number of rotatable bonds is 5. The number of amidine groups is 1. The van der Waals surface area contributed by atoms with Crippen LogP contribution in [0.5, 0.6) is 0 Å². The van der Waals surface area contributed by atoms with Gasteiger partial charge in [0.2, 0.25) is 0 Å². The van der Waals surface area contributed by atoms with E-state index in [0.29, 0.717) is 5.84 Å². The fraction of sp³-hybridized carbons (Fsp3) is 0.0625. The summed E-state index contributed by atoms with van der Waals surface area (Å²) in [5, 5.41) is 21.6. The number of aromatic nitrogens is 2. The molecule has 3 unspecified atom stereocenters. The van der Waals surface area contributed by atoms with Gasteiger partial charge in [0.05, 0.1) is 16.6 Å². The first-order chi connectivity index (χ1) is 26.8. The van der Waals surface area contributed by atoms with Crippen molar-refractivity contribution in [1.29, 1.82) is 0 Å². The van der Waals surface area contributed by atoms with Crippen molar-refractivity contribution in [3.8, 4) is 5.69 Å². The Hall–Kier alpha value is -6.89. The summed E-state index contributed by atoms with van der Waals surface area (Å²) in [5.74, 6) is 0.641. The quantitative estimate of drug-likeness (QED) is 0.191. The molecule has 258 valence electrons. The second-order valence-corrected chi connectivity index (χ2v) is 14.0. The number of benzene rings is 7.